The molecule has 3 heterocycles. The summed E-state index contributed by atoms with van der Waals surface area (Å²) in [5.74, 6) is -1.27. The predicted molar refractivity (Wildman–Crippen MR) is 70.9 cm³/mol. The summed E-state index contributed by atoms with van der Waals surface area (Å²) in [4.78, 5) is 23.7. The third-order valence-corrected chi connectivity index (χ3v) is 4.94. The molecule has 0 spiro atoms. The van der Waals surface area contributed by atoms with Gasteiger partial charge in [0.25, 0.3) is 0 Å². The first-order valence-electron chi connectivity index (χ1n) is 7.21. The van der Waals surface area contributed by atoms with E-state index in [1.165, 1.54) is 6.08 Å². The van der Waals surface area contributed by atoms with Gasteiger partial charge in [-0.1, -0.05) is 6.08 Å². The molecule has 0 saturated carbocycles. The van der Waals surface area contributed by atoms with Crippen LogP contribution in [0.1, 0.15) is 33.6 Å². The molecule has 3 aliphatic heterocycles. The molecule has 0 amide bonds. The van der Waals surface area contributed by atoms with Crippen molar-refractivity contribution in [3.8, 4) is 0 Å². The van der Waals surface area contributed by atoms with Gasteiger partial charge in [-0.15, -0.1) is 0 Å². The third-order valence-electron chi connectivity index (χ3n) is 4.94. The van der Waals surface area contributed by atoms with Crippen molar-refractivity contribution in [2.24, 2.45) is 11.8 Å². The SMILES string of the molecule is CC1OC(=O)CC1C1(C)CC(C2(C)C=CC(O)O2)C(=O)O1. The second-order valence-corrected chi connectivity index (χ2v) is 6.55. The van der Waals surface area contributed by atoms with Crippen LogP contribution in [0.3, 0.4) is 0 Å². The molecule has 0 aromatic carbocycles. The number of cyclic esters (lactones) is 2. The highest BCUT2D eigenvalue weighted by Gasteiger charge is 2.58. The van der Waals surface area contributed by atoms with Gasteiger partial charge in [0, 0.05) is 12.3 Å². The van der Waals surface area contributed by atoms with Crippen molar-refractivity contribution >= 4 is 11.9 Å². The Bertz CT molecular complexity index is 514. The first-order valence-corrected chi connectivity index (χ1v) is 7.21. The second kappa shape index (κ2) is 4.55. The highest BCUT2D eigenvalue weighted by Crippen LogP contribution is 2.48. The molecular formula is C15H20O6. The Morgan fingerprint density at radius 1 is 1.33 bits per heavy atom. The van der Waals surface area contributed by atoms with E-state index in [1.807, 2.05) is 13.8 Å². The summed E-state index contributed by atoms with van der Waals surface area (Å²) in [6.07, 6.45) is 2.65. The van der Waals surface area contributed by atoms with Crippen LogP contribution in [0.5, 0.6) is 0 Å². The van der Waals surface area contributed by atoms with E-state index in [0.29, 0.717) is 6.42 Å². The molecule has 6 unspecified atom stereocenters. The minimum atomic E-state index is -0.995. The van der Waals surface area contributed by atoms with Gasteiger partial charge in [-0.05, 0) is 26.8 Å². The van der Waals surface area contributed by atoms with Gasteiger partial charge in [-0.25, -0.2) is 0 Å². The van der Waals surface area contributed by atoms with Crippen molar-refractivity contribution in [1.82, 2.24) is 0 Å². The summed E-state index contributed by atoms with van der Waals surface area (Å²) in [6.45, 7) is 5.42. The van der Waals surface area contributed by atoms with Crippen molar-refractivity contribution in [3.05, 3.63) is 12.2 Å². The summed E-state index contributed by atoms with van der Waals surface area (Å²) in [6, 6.07) is 0. The van der Waals surface area contributed by atoms with Gasteiger partial charge in [0.2, 0.25) is 0 Å². The number of hydrogen-bond donors (Lipinski definition) is 1. The molecule has 2 saturated heterocycles. The summed E-state index contributed by atoms with van der Waals surface area (Å²) in [7, 11) is 0. The lowest BCUT2D eigenvalue weighted by Crippen LogP contribution is -2.40. The summed E-state index contributed by atoms with van der Waals surface area (Å²) < 4.78 is 16.2. The summed E-state index contributed by atoms with van der Waals surface area (Å²) in [5, 5.41) is 9.50. The lowest BCUT2D eigenvalue weighted by Gasteiger charge is -2.32. The number of carbonyl (C=O) groups excluding carboxylic acids is 2. The molecule has 0 aromatic heterocycles. The van der Waals surface area contributed by atoms with E-state index in [2.05, 4.69) is 0 Å². The molecule has 6 atom stereocenters. The van der Waals surface area contributed by atoms with Gasteiger partial charge >= 0.3 is 11.9 Å². The van der Waals surface area contributed by atoms with Crippen LogP contribution in [0.2, 0.25) is 0 Å². The molecule has 1 N–H and O–H groups in total. The fourth-order valence-corrected chi connectivity index (χ4v) is 3.70. The van der Waals surface area contributed by atoms with Crippen LogP contribution in [-0.4, -0.2) is 40.6 Å². The highest BCUT2D eigenvalue weighted by atomic mass is 16.6. The quantitative estimate of drug-likeness (QED) is 0.603. The van der Waals surface area contributed by atoms with E-state index >= 15 is 0 Å². The van der Waals surface area contributed by atoms with E-state index in [-0.39, 0.29) is 30.4 Å². The molecule has 3 rings (SSSR count). The van der Waals surface area contributed by atoms with Crippen molar-refractivity contribution in [2.45, 2.75) is 57.2 Å². The topological polar surface area (TPSA) is 82.1 Å². The Balaban J connectivity index is 1.81. The third kappa shape index (κ3) is 2.26. The maximum absolute atomic E-state index is 12.3. The smallest absolute Gasteiger partial charge is 0.312 e. The molecule has 6 nitrogen and oxygen atoms in total. The van der Waals surface area contributed by atoms with E-state index in [0.717, 1.165) is 0 Å². The summed E-state index contributed by atoms with van der Waals surface area (Å²) >= 11 is 0. The first-order chi connectivity index (χ1) is 9.73. The number of esters is 2. The van der Waals surface area contributed by atoms with Crippen LogP contribution in [0.15, 0.2) is 12.2 Å². The van der Waals surface area contributed by atoms with Crippen molar-refractivity contribution < 1.29 is 28.9 Å². The Labute approximate surface area is 123 Å². The molecule has 3 aliphatic rings. The van der Waals surface area contributed by atoms with Crippen LogP contribution in [-0.2, 0) is 23.8 Å². The lowest BCUT2D eigenvalue weighted by atomic mass is 9.76. The maximum Gasteiger partial charge on any atom is 0.312 e. The van der Waals surface area contributed by atoms with Crippen LogP contribution in [0, 0.1) is 11.8 Å². The second-order valence-electron chi connectivity index (χ2n) is 6.55. The van der Waals surface area contributed by atoms with Gasteiger partial charge in [0.05, 0.1) is 12.3 Å². The minimum Gasteiger partial charge on any atom is -0.462 e. The number of aliphatic hydroxyl groups is 1. The fraction of sp³-hybridized carbons (Fsp3) is 0.733. The predicted octanol–water partition coefficient (Wildman–Crippen LogP) is 0.923. The van der Waals surface area contributed by atoms with Gasteiger partial charge in [0.15, 0.2) is 6.29 Å². The fourth-order valence-electron chi connectivity index (χ4n) is 3.70. The maximum atomic E-state index is 12.3. The molecule has 0 radical (unpaired) electrons. The normalized spacial score (nSPS) is 49.5. The molecule has 0 aliphatic carbocycles. The first kappa shape index (κ1) is 14.5. The highest BCUT2D eigenvalue weighted by molar-refractivity contribution is 5.78. The standard InChI is InChI=1S/C15H20O6/c1-8-9(6-12(17)19-8)15(3)7-10(13(18)21-15)14(2)5-4-11(16)20-14/h4-5,8-11,16H,6-7H2,1-3H3. The zero-order valence-corrected chi connectivity index (χ0v) is 12.4. The van der Waals surface area contributed by atoms with Gasteiger partial charge in [-0.3, -0.25) is 9.59 Å². The number of aliphatic hydroxyl groups excluding tert-OH is 1. The molecule has 0 bridgehead atoms. The molecule has 116 valence electrons. The van der Waals surface area contributed by atoms with Crippen molar-refractivity contribution in [1.29, 1.82) is 0 Å². The Morgan fingerprint density at radius 3 is 2.57 bits per heavy atom. The Kier molecular flexibility index (Phi) is 3.15. The zero-order chi connectivity index (χ0) is 15.4. The lowest BCUT2D eigenvalue weighted by molar-refractivity contribution is -0.165. The zero-order valence-electron chi connectivity index (χ0n) is 12.4. The number of ether oxygens (including phenoxy) is 3. The number of hydrogen-bond acceptors (Lipinski definition) is 6. The van der Waals surface area contributed by atoms with E-state index in [1.54, 1.807) is 13.0 Å². The van der Waals surface area contributed by atoms with Crippen LogP contribution >= 0.6 is 0 Å². The van der Waals surface area contributed by atoms with Crippen molar-refractivity contribution in [3.63, 3.8) is 0 Å². The molecule has 6 heteroatoms. The van der Waals surface area contributed by atoms with E-state index < -0.39 is 23.4 Å². The van der Waals surface area contributed by atoms with Gasteiger partial charge in [-0.2, -0.15) is 0 Å². The average Bonchev–Trinajstić information content (AvgIpc) is 2.99. The Morgan fingerprint density at radius 2 is 2.05 bits per heavy atom. The largest absolute Gasteiger partial charge is 0.462 e. The molecule has 0 aromatic rings. The molecule has 21 heavy (non-hydrogen) atoms. The monoisotopic (exact) mass is 296 g/mol. The van der Waals surface area contributed by atoms with Gasteiger partial charge in [0.1, 0.15) is 17.3 Å². The van der Waals surface area contributed by atoms with Crippen LogP contribution in [0.25, 0.3) is 0 Å². The molecular weight excluding hydrogens is 276 g/mol. The van der Waals surface area contributed by atoms with Crippen molar-refractivity contribution in [2.75, 3.05) is 0 Å². The van der Waals surface area contributed by atoms with Crippen LogP contribution in [0.4, 0.5) is 0 Å². The van der Waals surface area contributed by atoms with Crippen LogP contribution < -0.4 is 0 Å². The minimum absolute atomic E-state index is 0.155. The van der Waals surface area contributed by atoms with E-state index in [9.17, 15) is 14.7 Å². The molecule has 2 fully saturated rings. The van der Waals surface area contributed by atoms with E-state index in [4.69, 9.17) is 14.2 Å². The average molecular weight is 296 g/mol. The number of rotatable bonds is 2. The summed E-state index contributed by atoms with van der Waals surface area (Å²) in [5.41, 5.74) is -1.62. The Hall–Kier alpha value is -1.40. The van der Waals surface area contributed by atoms with Gasteiger partial charge < -0.3 is 19.3 Å². The number of carbonyl (C=O) groups is 2.